The molecular weight excluding hydrogens is 292 g/mol. The highest BCUT2D eigenvalue weighted by Crippen LogP contribution is 2.17. The van der Waals surface area contributed by atoms with E-state index < -0.39 is 0 Å². The fourth-order valence-corrected chi connectivity index (χ4v) is 2.47. The Morgan fingerprint density at radius 3 is 2.21 bits per heavy atom. The fraction of sp³-hybridized carbons (Fsp3) is 0.364. The molecule has 0 bridgehead atoms. The van der Waals surface area contributed by atoms with E-state index in [4.69, 9.17) is 4.99 Å². The van der Waals surface area contributed by atoms with E-state index in [9.17, 15) is 0 Å². The predicted molar refractivity (Wildman–Crippen MR) is 106 cm³/mol. The predicted octanol–water partition coefficient (Wildman–Crippen LogP) is 5.35. The number of hydrogen-bond acceptors (Lipinski definition) is 2. The van der Waals surface area contributed by atoms with E-state index >= 15 is 0 Å². The first-order chi connectivity index (χ1) is 11.6. The van der Waals surface area contributed by atoms with Gasteiger partial charge in [-0.1, -0.05) is 67.9 Å². The number of unbranched alkanes of at least 4 members (excludes halogenated alkanes) is 1. The Bertz CT molecular complexity index is 652. The molecule has 0 saturated heterocycles. The lowest BCUT2D eigenvalue weighted by Gasteiger charge is -2.19. The van der Waals surface area contributed by atoms with Crippen LogP contribution in [-0.2, 0) is 6.42 Å². The number of hydrogen-bond donors (Lipinski definition) is 0. The molecule has 0 amide bonds. The summed E-state index contributed by atoms with van der Waals surface area (Å²) in [5.41, 5.74) is 3.49. The molecule has 0 aliphatic heterocycles. The fourth-order valence-electron chi connectivity index (χ4n) is 2.47. The molecule has 0 spiro atoms. The van der Waals surface area contributed by atoms with Crippen molar-refractivity contribution in [1.29, 1.82) is 0 Å². The summed E-state index contributed by atoms with van der Waals surface area (Å²) in [5, 5.41) is 0. The molecule has 2 aromatic carbocycles. The van der Waals surface area contributed by atoms with Crippen LogP contribution in [0.5, 0.6) is 0 Å². The number of nitrogens with zero attached hydrogens (tertiary/aromatic N) is 2. The van der Waals surface area contributed by atoms with Crippen LogP contribution in [0.1, 0.15) is 50.3 Å². The molecule has 2 aromatic rings. The highest BCUT2D eigenvalue weighted by Gasteiger charge is 2.15. The molecular formula is C22H28N2. The van der Waals surface area contributed by atoms with Gasteiger partial charge < -0.3 is 0 Å². The lowest BCUT2D eigenvalue weighted by molar-refractivity contribution is 0.523. The molecule has 0 aliphatic rings. The van der Waals surface area contributed by atoms with Crippen molar-refractivity contribution in [3.63, 3.8) is 0 Å². The molecule has 2 rings (SSSR count). The Kier molecular flexibility index (Phi) is 6.92. The zero-order chi connectivity index (χ0) is 17.3. The maximum Gasteiger partial charge on any atom is 0.0592 e. The summed E-state index contributed by atoms with van der Waals surface area (Å²) >= 11 is 0. The van der Waals surface area contributed by atoms with Crippen LogP contribution in [0.3, 0.4) is 0 Å². The molecule has 0 saturated carbocycles. The molecule has 2 heteroatoms. The number of aliphatic imine (C=N–C) groups is 2. The van der Waals surface area contributed by atoms with Gasteiger partial charge in [-0.3, -0.25) is 9.98 Å². The molecule has 0 unspecified atom stereocenters. The Morgan fingerprint density at radius 2 is 1.54 bits per heavy atom. The first-order valence-electron chi connectivity index (χ1n) is 8.78. The second-order valence-electron chi connectivity index (χ2n) is 6.79. The normalized spacial score (nSPS) is 12.3. The van der Waals surface area contributed by atoms with Crippen LogP contribution in [0.25, 0.3) is 0 Å². The maximum atomic E-state index is 4.76. The third kappa shape index (κ3) is 6.49. The van der Waals surface area contributed by atoms with E-state index in [1.165, 1.54) is 17.5 Å². The zero-order valence-corrected chi connectivity index (χ0v) is 15.1. The van der Waals surface area contributed by atoms with Crippen molar-refractivity contribution in [3.05, 3.63) is 71.3 Å². The van der Waals surface area contributed by atoms with Gasteiger partial charge in [0.15, 0.2) is 0 Å². The van der Waals surface area contributed by atoms with Crippen molar-refractivity contribution in [2.24, 2.45) is 9.98 Å². The van der Waals surface area contributed by atoms with Crippen molar-refractivity contribution in [1.82, 2.24) is 0 Å². The van der Waals surface area contributed by atoms with Gasteiger partial charge in [-0.15, -0.1) is 0 Å². The molecule has 0 N–H and O–H groups in total. The lowest BCUT2D eigenvalue weighted by atomic mass is 9.95. The monoisotopic (exact) mass is 320 g/mol. The van der Waals surface area contributed by atoms with Crippen molar-refractivity contribution >= 4 is 12.4 Å². The van der Waals surface area contributed by atoms with E-state index in [2.05, 4.69) is 62.2 Å². The quantitative estimate of drug-likeness (QED) is 0.463. The summed E-state index contributed by atoms with van der Waals surface area (Å²) in [4.78, 5) is 9.21. The van der Waals surface area contributed by atoms with E-state index in [-0.39, 0.29) is 5.54 Å². The van der Waals surface area contributed by atoms with Gasteiger partial charge in [-0.05, 0) is 43.4 Å². The third-order valence-corrected chi connectivity index (χ3v) is 3.86. The van der Waals surface area contributed by atoms with E-state index in [0.717, 1.165) is 24.9 Å². The Labute approximate surface area is 146 Å². The lowest BCUT2D eigenvalue weighted by Crippen LogP contribution is -2.20. The molecule has 2 nitrogen and oxygen atoms in total. The number of benzene rings is 2. The van der Waals surface area contributed by atoms with Crippen LogP contribution in [0, 0.1) is 0 Å². The third-order valence-electron chi connectivity index (χ3n) is 3.86. The van der Waals surface area contributed by atoms with Gasteiger partial charge in [0.25, 0.3) is 0 Å². The first-order valence-corrected chi connectivity index (χ1v) is 8.78. The van der Waals surface area contributed by atoms with E-state index in [0.29, 0.717) is 0 Å². The minimum Gasteiger partial charge on any atom is -0.293 e. The summed E-state index contributed by atoms with van der Waals surface area (Å²) in [6.45, 7) is 7.45. The van der Waals surface area contributed by atoms with Crippen molar-refractivity contribution in [2.45, 2.75) is 45.6 Å². The van der Waals surface area contributed by atoms with Crippen LogP contribution in [0.2, 0.25) is 0 Å². The van der Waals surface area contributed by atoms with Crippen LogP contribution in [0.15, 0.2) is 64.6 Å². The van der Waals surface area contributed by atoms with Crippen molar-refractivity contribution in [2.75, 3.05) is 6.54 Å². The molecule has 0 heterocycles. The van der Waals surface area contributed by atoms with Crippen LogP contribution in [-0.4, -0.2) is 24.5 Å². The maximum absolute atomic E-state index is 4.76. The Morgan fingerprint density at radius 1 is 0.875 bits per heavy atom. The van der Waals surface area contributed by atoms with E-state index in [1.807, 2.05) is 30.6 Å². The summed E-state index contributed by atoms with van der Waals surface area (Å²) in [7, 11) is 0. The van der Waals surface area contributed by atoms with Gasteiger partial charge >= 0.3 is 0 Å². The molecule has 0 aliphatic carbocycles. The van der Waals surface area contributed by atoms with Crippen LogP contribution < -0.4 is 0 Å². The molecule has 24 heavy (non-hydrogen) atoms. The largest absolute Gasteiger partial charge is 0.293 e. The van der Waals surface area contributed by atoms with Crippen molar-refractivity contribution in [3.8, 4) is 0 Å². The second-order valence-corrected chi connectivity index (χ2v) is 6.79. The van der Waals surface area contributed by atoms with Gasteiger partial charge in [0.05, 0.1) is 5.54 Å². The van der Waals surface area contributed by atoms with Gasteiger partial charge in [-0.2, -0.15) is 0 Å². The van der Waals surface area contributed by atoms with E-state index in [1.54, 1.807) is 0 Å². The van der Waals surface area contributed by atoms with Crippen LogP contribution >= 0.6 is 0 Å². The molecule has 126 valence electrons. The Balaban J connectivity index is 1.94. The number of rotatable bonds is 8. The molecule has 0 aromatic heterocycles. The van der Waals surface area contributed by atoms with Gasteiger partial charge in [0.2, 0.25) is 0 Å². The molecule has 0 fully saturated rings. The smallest absolute Gasteiger partial charge is 0.0592 e. The van der Waals surface area contributed by atoms with Crippen LogP contribution in [0.4, 0.5) is 0 Å². The minimum atomic E-state index is -0.118. The highest BCUT2D eigenvalue weighted by molar-refractivity contribution is 5.80. The average molecular weight is 320 g/mol. The highest BCUT2D eigenvalue weighted by atomic mass is 14.8. The summed E-state index contributed by atoms with van der Waals surface area (Å²) in [6, 6.07) is 18.9. The average Bonchev–Trinajstić information content (AvgIpc) is 2.59. The molecule has 0 atom stereocenters. The summed E-state index contributed by atoms with van der Waals surface area (Å²) in [6.07, 6.45) is 7.20. The second kappa shape index (κ2) is 9.17. The van der Waals surface area contributed by atoms with Gasteiger partial charge in [-0.25, -0.2) is 0 Å². The topological polar surface area (TPSA) is 24.7 Å². The Hall–Kier alpha value is -2.22. The van der Waals surface area contributed by atoms with Gasteiger partial charge in [0, 0.05) is 19.0 Å². The standard InChI is InChI=1S/C22H28N2/c1-4-5-15-23-17-21-13-11-19(12-14-21)16-22(2,3)24-18-20-9-7-6-8-10-20/h6-14,17-18H,4-5,15-16H2,1-3H3. The summed E-state index contributed by atoms with van der Waals surface area (Å²) in [5.74, 6) is 0. The minimum absolute atomic E-state index is 0.118. The first kappa shape index (κ1) is 18.1. The summed E-state index contributed by atoms with van der Waals surface area (Å²) < 4.78 is 0. The zero-order valence-electron chi connectivity index (χ0n) is 15.1. The van der Waals surface area contributed by atoms with Gasteiger partial charge in [0.1, 0.15) is 0 Å². The van der Waals surface area contributed by atoms with Crippen molar-refractivity contribution < 1.29 is 0 Å². The SMILES string of the molecule is CCCCN=Cc1ccc(CC(C)(C)N=Cc2ccccc2)cc1. The molecule has 0 radical (unpaired) electrons.